The molecule has 0 N–H and O–H groups in total. The van der Waals surface area contributed by atoms with E-state index in [2.05, 4.69) is 159 Å². The van der Waals surface area contributed by atoms with Crippen LogP contribution in [0.1, 0.15) is 70.1 Å². The van der Waals surface area contributed by atoms with Crippen LogP contribution in [0.15, 0.2) is 116 Å². The van der Waals surface area contributed by atoms with Crippen molar-refractivity contribution < 1.29 is 9.13 Å². The average Bonchev–Trinajstić information content (AvgIpc) is 3.07. The van der Waals surface area contributed by atoms with Crippen LogP contribution >= 0.6 is 0 Å². The second-order valence-corrected chi connectivity index (χ2v) is 12.9. The first kappa shape index (κ1) is 28.5. The molecule has 0 fully saturated rings. The maximum atomic E-state index is 2.67. The van der Waals surface area contributed by atoms with Gasteiger partial charge in [-0.15, -0.1) is 0 Å². The molecule has 2 aromatic heterocycles. The van der Waals surface area contributed by atoms with Crippen molar-refractivity contribution in [1.82, 2.24) is 0 Å². The molecule has 4 aromatic carbocycles. The zero-order valence-corrected chi connectivity index (χ0v) is 26.9. The zero-order valence-electron chi connectivity index (χ0n) is 26.9. The molecule has 1 aliphatic heterocycles. The molecule has 0 bridgehead atoms. The minimum atomic E-state index is -0.304. The van der Waals surface area contributed by atoms with Gasteiger partial charge in [0.15, 0.2) is 17.9 Å². The van der Waals surface area contributed by atoms with Gasteiger partial charge in [0.05, 0.1) is 21.9 Å². The van der Waals surface area contributed by atoms with E-state index < -0.39 is 0 Å². The van der Waals surface area contributed by atoms with Crippen molar-refractivity contribution >= 4 is 21.5 Å². The van der Waals surface area contributed by atoms with Gasteiger partial charge >= 0.3 is 0 Å². The Labute approximate surface area is 262 Å². The van der Waals surface area contributed by atoms with Crippen molar-refractivity contribution in [2.45, 2.75) is 70.8 Å². The lowest BCUT2D eigenvalue weighted by molar-refractivity contribution is -0.766. The minimum absolute atomic E-state index is 0.184. The van der Waals surface area contributed by atoms with Crippen LogP contribution in [0.3, 0.4) is 0 Å². The summed E-state index contributed by atoms with van der Waals surface area (Å²) in [7, 11) is 2.18. The highest BCUT2D eigenvalue weighted by Gasteiger charge is 2.61. The Morgan fingerprint density at radius 2 is 1.43 bits per heavy atom. The summed E-state index contributed by atoms with van der Waals surface area (Å²) in [6.45, 7) is 9.60. The maximum absolute atomic E-state index is 2.67. The summed E-state index contributed by atoms with van der Waals surface area (Å²) in [5, 5.41) is 5.27. The first-order valence-corrected chi connectivity index (χ1v) is 16.5. The number of fused-ring (bicyclic) bond motifs is 6. The average molecular weight is 577 g/mol. The van der Waals surface area contributed by atoms with Gasteiger partial charge in [-0.2, -0.15) is 4.57 Å². The number of rotatable bonds is 7. The van der Waals surface area contributed by atoms with Crippen LogP contribution < -0.4 is 9.13 Å². The van der Waals surface area contributed by atoms with Gasteiger partial charge in [0, 0.05) is 31.0 Å². The number of aromatic nitrogens is 2. The molecule has 1 unspecified atom stereocenters. The van der Waals surface area contributed by atoms with Crippen LogP contribution in [-0.2, 0) is 24.4 Å². The molecule has 1 aliphatic rings. The van der Waals surface area contributed by atoms with Crippen molar-refractivity contribution in [2.24, 2.45) is 7.05 Å². The third-order valence-corrected chi connectivity index (χ3v) is 10.9. The monoisotopic (exact) mass is 576 g/mol. The van der Waals surface area contributed by atoms with Crippen molar-refractivity contribution in [3.63, 3.8) is 0 Å². The normalized spacial score (nSPS) is 17.0. The van der Waals surface area contributed by atoms with Crippen LogP contribution in [0.5, 0.6) is 0 Å². The van der Waals surface area contributed by atoms with Gasteiger partial charge in [-0.05, 0) is 70.8 Å². The molecule has 2 heteroatoms. The highest BCUT2D eigenvalue weighted by atomic mass is 15.1. The third-order valence-electron chi connectivity index (χ3n) is 10.9. The first-order chi connectivity index (χ1) is 21.5. The van der Waals surface area contributed by atoms with Crippen molar-refractivity contribution in [3.05, 3.63) is 132 Å². The standard InChI is InChI=1S/C42H44N2/c1-6-9-16-30-22-24-34-32(29-30)26-28-44-40(34)35-19-12-13-20-36(35)41(4,42(44,7-2)8-3)37-25-23-31-17-10-11-18-33(31)39(37)38-21-14-15-27-43(38)5/h10-15,17-29H,6-9,16H2,1-5H3/q+2. The predicted molar refractivity (Wildman–Crippen MR) is 184 cm³/mol. The van der Waals surface area contributed by atoms with E-state index in [-0.39, 0.29) is 11.0 Å². The van der Waals surface area contributed by atoms with Gasteiger partial charge in [-0.3, -0.25) is 0 Å². The Balaban J connectivity index is 1.59. The predicted octanol–water partition coefficient (Wildman–Crippen LogP) is 9.62. The summed E-state index contributed by atoms with van der Waals surface area (Å²) in [5.74, 6) is 0. The van der Waals surface area contributed by atoms with Crippen molar-refractivity contribution in [3.8, 4) is 22.5 Å². The Morgan fingerprint density at radius 1 is 0.659 bits per heavy atom. The van der Waals surface area contributed by atoms with E-state index in [1.807, 2.05) is 0 Å². The number of aryl methyl sites for hydroxylation is 2. The Hall–Kier alpha value is -4.30. The number of pyridine rings is 2. The molecule has 0 aliphatic carbocycles. The van der Waals surface area contributed by atoms with Gasteiger partial charge in [-0.1, -0.05) is 93.9 Å². The molecule has 7 rings (SSSR count). The zero-order chi connectivity index (χ0) is 30.5. The van der Waals surface area contributed by atoms with Crippen LogP contribution in [0, 0.1) is 0 Å². The van der Waals surface area contributed by atoms with Gasteiger partial charge < -0.3 is 0 Å². The van der Waals surface area contributed by atoms with Gasteiger partial charge in [0.25, 0.3) is 0 Å². The highest BCUT2D eigenvalue weighted by molar-refractivity contribution is 5.99. The fraction of sp³-hybridized carbons (Fsp3) is 0.286. The molecule has 6 aromatic rings. The lowest BCUT2D eigenvalue weighted by Gasteiger charge is -2.49. The molecule has 1 atom stereocenters. The number of benzene rings is 4. The molecule has 220 valence electrons. The minimum Gasteiger partial charge on any atom is -0.201 e. The summed E-state index contributed by atoms with van der Waals surface area (Å²) in [5.41, 5.74) is 9.03. The second-order valence-electron chi connectivity index (χ2n) is 12.9. The molecule has 3 heterocycles. The third kappa shape index (κ3) is 4.00. The van der Waals surface area contributed by atoms with Crippen molar-refractivity contribution in [2.75, 3.05) is 0 Å². The lowest BCUT2D eigenvalue weighted by Crippen LogP contribution is -2.69. The van der Waals surface area contributed by atoms with E-state index in [0.717, 1.165) is 19.3 Å². The lowest BCUT2D eigenvalue weighted by atomic mass is 9.56. The summed E-state index contributed by atoms with van der Waals surface area (Å²) in [6, 6.07) is 39.1. The maximum Gasteiger partial charge on any atom is 0.221 e. The molecule has 0 radical (unpaired) electrons. The number of hydrogen-bond donors (Lipinski definition) is 0. The Morgan fingerprint density at radius 3 is 2.23 bits per heavy atom. The summed E-state index contributed by atoms with van der Waals surface area (Å²) in [4.78, 5) is 0. The van der Waals surface area contributed by atoms with Crippen LogP contribution in [0.25, 0.3) is 44.1 Å². The molecule has 2 nitrogen and oxygen atoms in total. The Bertz CT molecular complexity index is 2020. The molecular weight excluding hydrogens is 532 g/mol. The number of nitrogens with zero attached hydrogens (tertiary/aromatic N) is 2. The first-order valence-electron chi connectivity index (χ1n) is 16.5. The molecule has 0 saturated carbocycles. The fourth-order valence-corrected chi connectivity index (χ4v) is 8.55. The molecule has 0 amide bonds. The summed E-state index contributed by atoms with van der Waals surface area (Å²) >= 11 is 0. The van der Waals surface area contributed by atoms with Crippen LogP contribution in [0.2, 0.25) is 0 Å². The largest absolute Gasteiger partial charge is 0.221 e. The quantitative estimate of drug-likeness (QED) is 0.167. The highest BCUT2D eigenvalue weighted by Crippen LogP contribution is 2.56. The smallest absolute Gasteiger partial charge is 0.201 e. The molecule has 0 saturated heterocycles. The van der Waals surface area contributed by atoms with Crippen LogP contribution in [-0.4, -0.2) is 0 Å². The van der Waals surface area contributed by atoms with Crippen molar-refractivity contribution in [1.29, 1.82) is 0 Å². The van der Waals surface area contributed by atoms with Gasteiger partial charge in [0.1, 0.15) is 7.05 Å². The van der Waals surface area contributed by atoms with E-state index in [9.17, 15) is 0 Å². The summed E-state index contributed by atoms with van der Waals surface area (Å²) < 4.78 is 4.96. The summed E-state index contributed by atoms with van der Waals surface area (Å²) in [6.07, 6.45) is 10.2. The van der Waals surface area contributed by atoms with E-state index >= 15 is 0 Å². The molecule has 44 heavy (non-hydrogen) atoms. The van der Waals surface area contributed by atoms with E-state index in [0.29, 0.717) is 0 Å². The fourth-order valence-electron chi connectivity index (χ4n) is 8.55. The van der Waals surface area contributed by atoms with Gasteiger partial charge in [0.2, 0.25) is 11.4 Å². The van der Waals surface area contributed by atoms with E-state index in [1.54, 1.807) is 0 Å². The number of hydrogen-bond acceptors (Lipinski definition) is 0. The van der Waals surface area contributed by atoms with Gasteiger partial charge in [-0.25, -0.2) is 4.57 Å². The second kappa shape index (κ2) is 11.0. The SMILES string of the molecule is CCCCc1ccc2c3[n+](ccc2c1)C(CC)(CC)C(C)(c1ccc2ccccc2c1-c1cccc[n+]1C)c1ccccc1-3. The van der Waals surface area contributed by atoms with E-state index in [1.165, 1.54) is 73.6 Å². The topological polar surface area (TPSA) is 7.76 Å². The molecule has 0 spiro atoms. The van der Waals surface area contributed by atoms with Crippen LogP contribution in [0.4, 0.5) is 0 Å². The number of unbranched alkanes of at least 4 members (excludes halogenated alkanes) is 1. The molecular formula is C42H44N2+2. The Kier molecular flexibility index (Phi) is 7.12. The van der Waals surface area contributed by atoms with E-state index in [4.69, 9.17) is 0 Å².